The summed E-state index contributed by atoms with van der Waals surface area (Å²) in [7, 11) is 0. The van der Waals surface area contributed by atoms with Crippen molar-refractivity contribution in [3.05, 3.63) is 36.0 Å². The Morgan fingerprint density at radius 1 is 1.33 bits per heavy atom. The highest BCUT2D eigenvalue weighted by Crippen LogP contribution is 2.17. The lowest BCUT2D eigenvalue weighted by atomic mass is 10.2. The number of aryl methyl sites for hydroxylation is 1. The Morgan fingerprint density at radius 2 is 2.17 bits per heavy atom. The summed E-state index contributed by atoms with van der Waals surface area (Å²) in [5.74, 6) is 0. The summed E-state index contributed by atoms with van der Waals surface area (Å²) in [6.07, 6.45) is 3.19. The van der Waals surface area contributed by atoms with Gasteiger partial charge in [0.05, 0.1) is 11.6 Å². The fourth-order valence-electron chi connectivity index (χ4n) is 2.09. The van der Waals surface area contributed by atoms with Gasteiger partial charge in [-0.25, -0.2) is 0 Å². The zero-order valence-corrected chi connectivity index (χ0v) is 11.0. The molecule has 0 aliphatic rings. The minimum Gasteiger partial charge on any atom is -0.347 e. The van der Waals surface area contributed by atoms with Gasteiger partial charge in [-0.3, -0.25) is 0 Å². The van der Waals surface area contributed by atoms with Crippen LogP contribution in [-0.4, -0.2) is 17.2 Å². The van der Waals surface area contributed by atoms with Crippen LogP contribution in [0.3, 0.4) is 0 Å². The Balaban J connectivity index is 2.07. The third kappa shape index (κ3) is 2.91. The Hall–Kier alpha value is -1.79. The van der Waals surface area contributed by atoms with Crippen molar-refractivity contribution in [3.8, 4) is 6.07 Å². The molecule has 2 aromatic rings. The van der Waals surface area contributed by atoms with Crippen molar-refractivity contribution in [3.63, 3.8) is 0 Å². The Bertz CT molecular complexity index is 561. The second-order valence-electron chi connectivity index (χ2n) is 4.86. The normalized spacial score (nSPS) is 11.0. The summed E-state index contributed by atoms with van der Waals surface area (Å²) in [5, 5.41) is 13.5. The minimum atomic E-state index is 0.539. The predicted molar refractivity (Wildman–Crippen MR) is 74.4 cm³/mol. The molecule has 0 unspecified atom stereocenters. The molecule has 0 atom stereocenters. The van der Waals surface area contributed by atoms with Gasteiger partial charge in [-0.1, -0.05) is 19.9 Å². The van der Waals surface area contributed by atoms with Crippen molar-refractivity contribution < 1.29 is 0 Å². The van der Waals surface area contributed by atoms with Crippen LogP contribution in [-0.2, 0) is 6.54 Å². The second-order valence-corrected chi connectivity index (χ2v) is 4.86. The first-order valence-corrected chi connectivity index (χ1v) is 6.43. The van der Waals surface area contributed by atoms with Gasteiger partial charge in [-0.2, -0.15) is 5.26 Å². The van der Waals surface area contributed by atoms with E-state index in [0.29, 0.717) is 6.04 Å². The van der Waals surface area contributed by atoms with Gasteiger partial charge in [0.25, 0.3) is 0 Å². The molecule has 0 fully saturated rings. The standard InChI is InChI=1S/C15H19N3/c1-12(2)17-7-3-8-18-9-6-14-5-4-13(11-16)10-15(14)18/h4-6,9-10,12,17H,3,7-8H2,1-2H3. The average Bonchev–Trinajstić information content (AvgIpc) is 2.76. The fraction of sp³-hybridized carbons (Fsp3) is 0.400. The molecular weight excluding hydrogens is 222 g/mol. The van der Waals surface area contributed by atoms with Crippen molar-refractivity contribution in [2.45, 2.75) is 32.9 Å². The number of hydrogen-bond donors (Lipinski definition) is 1. The monoisotopic (exact) mass is 241 g/mol. The molecule has 0 saturated carbocycles. The second kappa shape index (κ2) is 5.70. The number of nitrogens with one attached hydrogen (secondary N) is 1. The van der Waals surface area contributed by atoms with Gasteiger partial charge >= 0.3 is 0 Å². The average molecular weight is 241 g/mol. The van der Waals surface area contributed by atoms with Gasteiger partial charge in [0, 0.05) is 24.3 Å². The zero-order chi connectivity index (χ0) is 13.0. The zero-order valence-electron chi connectivity index (χ0n) is 11.0. The van der Waals surface area contributed by atoms with Crippen molar-refractivity contribution >= 4 is 10.9 Å². The molecule has 1 heterocycles. The van der Waals surface area contributed by atoms with Gasteiger partial charge < -0.3 is 9.88 Å². The summed E-state index contributed by atoms with van der Waals surface area (Å²) in [4.78, 5) is 0. The maximum absolute atomic E-state index is 8.93. The summed E-state index contributed by atoms with van der Waals surface area (Å²) < 4.78 is 2.22. The fourth-order valence-corrected chi connectivity index (χ4v) is 2.09. The van der Waals surface area contributed by atoms with E-state index in [0.717, 1.165) is 30.6 Å². The lowest BCUT2D eigenvalue weighted by Crippen LogP contribution is -2.24. The molecule has 0 bridgehead atoms. The molecule has 3 heteroatoms. The van der Waals surface area contributed by atoms with E-state index in [1.807, 2.05) is 18.2 Å². The summed E-state index contributed by atoms with van der Waals surface area (Å²) in [6, 6.07) is 10.7. The molecule has 0 radical (unpaired) electrons. The van der Waals surface area contributed by atoms with Crippen LogP contribution in [0.4, 0.5) is 0 Å². The van der Waals surface area contributed by atoms with E-state index in [1.54, 1.807) is 0 Å². The van der Waals surface area contributed by atoms with E-state index in [-0.39, 0.29) is 0 Å². The van der Waals surface area contributed by atoms with Crippen LogP contribution in [0.25, 0.3) is 10.9 Å². The van der Waals surface area contributed by atoms with Crippen LogP contribution in [0.2, 0.25) is 0 Å². The largest absolute Gasteiger partial charge is 0.347 e. The highest BCUT2D eigenvalue weighted by atomic mass is 15.0. The van der Waals surface area contributed by atoms with Crippen molar-refractivity contribution in [2.24, 2.45) is 0 Å². The number of nitriles is 1. The molecule has 2 rings (SSSR count). The van der Waals surface area contributed by atoms with Gasteiger partial charge in [0.1, 0.15) is 0 Å². The third-order valence-electron chi connectivity index (χ3n) is 3.03. The molecule has 0 aliphatic heterocycles. The molecule has 0 aliphatic carbocycles. The number of aromatic nitrogens is 1. The van der Waals surface area contributed by atoms with E-state index in [1.165, 1.54) is 5.39 Å². The highest BCUT2D eigenvalue weighted by molar-refractivity contribution is 5.81. The van der Waals surface area contributed by atoms with E-state index in [2.05, 4.69) is 42.1 Å². The molecule has 3 nitrogen and oxygen atoms in total. The van der Waals surface area contributed by atoms with Crippen LogP contribution in [0, 0.1) is 11.3 Å². The number of nitrogens with zero attached hydrogens (tertiary/aromatic N) is 2. The first-order chi connectivity index (χ1) is 8.70. The van der Waals surface area contributed by atoms with Crippen LogP contribution in [0.1, 0.15) is 25.8 Å². The molecule has 0 saturated heterocycles. The molecule has 0 spiro atoms. The Kier molecular flexibility index (Phi) is 4.01. The summed E-state index contributed by atoms with van der Waals surface area (Å²) >= 11 is 0. The van der Waals surface area contributed by atoms with Crippen LogP contribution >= 0.6 is 0 Å². The lowest BCUT2D eigenvalue weighted by Gasteiger charge is -2.09. The van der Waals surface area contributed by atoms with E-state index in [9.17, 15) is 0 Å². The Morgan fingerprint density at radius 3 is 2.89 bits per heavy atom. The number of hydrogen-bond acceptors (Lipinski definition) is 2. The quantitative estimate of drug-likeness (QED) is 0.818. The first-order valence-electron chi connectivity index (χ1n) is 6.43. The van der Waals surface area contributed by atoms with Crippen molar-refractivity contribution in [1.29, 1.82) is 5.26 Å². The summed E-state index contributed by atoms with van der Waals surface area (Å²) in [6.45, 7) is 6.32. The maximum Gasteiger partial charge on any atom is 0.0992 e. The molecule has 1 N–H and O–H groups in total. The van der Waals surface area contributed by atoms with Crippen LogP contribution in [0.15, 0.2) is 30.5 Å². The molecule has 1 aromatic carbocycles. The lowest BCUT2D eigenvalue weighted by molar-refractivity contribution is 0.541. The van der Waals surface area contributed by atoms with Crippen molar-refractivity contribution in [2.75, 3.05) is 6.54 Å². The SMILES string of the molecule is CC(C)NCCCn1ccc2ccc(C#N)cc21. The highest BCUT2D eigenvalue weighted by Gasteiger charge is 2.02. The topological polar surface area (TPSA) is 40.8 Å². The Labute approximate surface area is 108 Å². The van der Waals surface area contributed by atoms with Gasteiger partial charge in [-0.05, 0) is 36.6 Å². The predicted octanol–water partition coefficient (Wildman–Crippen LogP) is 2.90. The van der Waals surface area contributed by atoms with E-state index < -0.39 is 0 Å². The van der Waals surface area contributed by atoms with E-state index >= 15 is 0 Å². The van der Waals surface area contributed by atoms with Gasteiger partial charge in [-0.15, -0.1) is 0 Å². The smallest absolute Gasteiger partial charge is 0.0992 e. The molecule has 94 valence electrons. The molecule has 18 heavy (non-hydrogen) atoms. The number of rotatable bonds is 5. The first kappa shape index (κ1) is 12.7. The number of benzene rings is 1. The maximum atomic E-state index is 8.93. The molecule has 1 aromatic heterocycles. The van der Waals surface area contributed by atoms with Gasteiger partial charge in [0.2, 0.25) is 0 Å². The minimum absolute atomic E-state index is 0.539. The third-order valence-corrected chi connectivity index (χ3v) is 3.03. The summed E-state index contributed by atoms with van der Waals surface area (Å²) in [5.41, 5.74) is 1.88. The van der Waals surface area contributed by atoms with Crippen LogP contribution in [0.5, 0.6) is 0 Å². The van der Waals surface area contributed by atoms with Gasteiger partial charge in [0.15, 0.2) is 0 Å². The molecular formula is C15H19N3. The number of fused-ring (bicyclic) bond motifs is 1. The molecule has 0 amide bonds. The van der Waals surface area contributed by atoms with Crippen LogP contribution < -0.4 is 5.32 Å². The van der Waals surface area contributed by atoms with E-state index in [4.69, 9.17) is 5.26 Å². The van der Waals surface area contributed by atoms with Crippen molar-refractivity contribution in [1.82, 2.24) is 9.88 Å².